The minimum Gasteiger partial charge on any atom is -0.494 e. The minimum absolute atomic E-state index is 0.468. The van der Waals surface area contributed by atoms with E-state index >= 15 is 0 Å². The van der Waals surface area contributed by atoms with Crippen molar-refractivity contribution in [2.75, 3.05) is 57.3 Å². The quantitative estimate of drug-likeness (QED) is 0.221. The van der Waals surface area contributed by atoms with Crippen molar-refractivity contribution in [2.45, 2.75) is 32.9 Å². The van der Waals surface area contributed by atoms with E-state index < -0.39 is 0 Å². The molecule has 0 unspecified atom stereocenters. The number of benzene rings is 2. The average Bonchev–Trinajstić information content (AvgIpc) is 3.62. The van der Waals surface area contributed by atoms with Crippen molar-refractivity contribution in [3.05, 3.63) is 60.7 Å². The van der Waals surface area contributed by atoms with Crippen LogP contribution in [0.2, 0.25) is 0 Å². The molecular weight excluding hydrogens is 526 g/mol. The van der Waals surface area contributed by atoms with Crippen LogP contribution in [0.15, 0.2) is 55.1 Å². The first-order valence-electron chi connectivity index (χ1n) is 14.5. The second kappa shape index (κ2) is 11.4. The molecule has 0 atom stereocenters. The van der Waals surface area contributed by atoms with Crippen molar-refractivity contribution < 1.29 is 4.74 Å². The Labute approximate surface area is 246 Å². The maximum Gasteiger partial charge on any atom is 0.227 e. The standard InChI is InChI=1S/C32H39N9O/c1-6-41-19-22(17-35-41)24-18-34-32(36-27-15-26(33)28(16-29(27)42-5)39(4)14-13-38(2)3)37-30(24)25-20-40-12-8-10-21-9-7-11-23(25)31(21)40/h7,9,11,15-20H,6,8,10,12-14,33H2,1-5H3,(H,34,36,37). The second-order valence-corrected chi connectivity index (χ2v) is 11.2. The highest BCUT2D eigenvalue weighted by Crippen LogP contribution is 2.40. The molecule has 0 spiro atoms. The number of methoxy groups -OCH3 is 1. The van der Waals surface area contributed by atoms with E-state index in [0.717, 1.165) is 67.1 Å². The number of rotatable bonds is 10. The molecule has 6 rings (SSSR count). The van der Waals surface area contributed by atoms with Crippen LogP contribution in [-0.4, -0.2) is 70.6 Å². The van der Waals surface area contributed by atoms with Gasteiger partial charge in [0, 0.05) is 80.0 Å². The van der Waals surface area contributed by atoms with Gasteiger partial charge in [-0.25, -0.2) is 9.97 Å². The molecule has 3 N–H and O–H groups in total. The number of likely N-dealkylation sites (N-methyl/N-ethyl adjacent to an activating group) is 2. The number of nitrogens with one attached hydrogen (secondary N) is 1. The summed E-state index contributed by atoms with van der Waals surface area (Å²) in [4.78, 5) is 14.1. The third kappa shape index (κ3) is 5.14. The molecule has 4 heterocycles. The minimum atomic E-state index is 0.468. The van der Waals surface area contributed by atoms with E-state index in [2.05, 4.69) is 70.2 Å². The van der Waals surface area contributed by atoms with E-state index in [-0.39, 0.29) is 0 Å². The Morgan fingerprint density at radius 1 is 1.07 bits per heavy atom. The van der Waals surface area contributed by atoms with Gasteiger partial charge in [0.05, 0.1) is 41.6 Å². The number of nitrogens with zero attached hydrogens (tertiary/aromatic N) is 7. The number of nitrogens with two attached hydrogens (primary N) is 1. The van der Waals surface area contributed by atoms with Crippen molar-refractivity contribution in [3.8, 4) is 28.1 Å². The predicted octanol–water partition coefficient (Wildman–Crippen LogP) is 5.26. The lowest BCUT2D eigenvalue weighted by Crippen LogP contribution is -2.29. The SMILES string of the molecule is CCn1cc(-c2cnc(Nc3cc(N)c(N(C)CCN(C)C)cc3OC)nc2-c2cn3c4c(cccc24)CCC3)cn1. The van der Waals surface area contributed by atoms with E-state index in [4.69, 9.17) is 20.4 Å². The van der Waals surface area contributed by atoms with E-state index in [9.17, 15) is 0 Å². The Balaban J connectivity index is 1.43. The molecule has 3 aromatic heterocycles. The Morgan fingerprint density at radius 3 is 2.69 bits per heavy atom. The number of aryl methyl sites for hydroxylation is 3. The lowest BCUT2D eigenvalue weighted by Gasteiger charge is -2.24. The van der Waals surface area contributed by atoms with E-state index in [1.165, 1.54) is 16.5 Å². The van der Waals surface area contributed by atoms with Crippen molar-refractivity contribution >= 4 is 33.9 Å². The Hall–Kier alpha value is -4.57. The zero-order valence-corrected chi connectivity index (χ0v) is 25.1. The molecule has 0 saturated heterocycles. The van der Waals surface area contributed by atoms with Crippen molar-refractivity contribution in [1.82, 2.24) is 29.2 Å². The highest BCUT2D eigenvalue weighted by atomic mass is 16.5. The van der Waals surface area contributed by atoms with Crippen LogP contribution >= 0.6 is 0 Å². The lowest BCUT2D eigenvalue weighted by molar-refractivity contribution is 0.413. The Bertz CT molecular complexity index is 1740. The normalized spacial score (nSPS) is 12.7. The smallest absolute Gasteiger partial charge is 0.227 e. The number of nitrogen functional groups attached to an aromatic ring is 1. The third-order valence-electron chi connectivity index (χ3n) is 8.03. The van der Waals surface area contributed by atoms with Crippen LogP contribution in [0.1, 0.15) is 18.9 Å². The third-order valence-corrected chi connectivity index (χ3v) is 8.03. The molecule has 42 heavy (non-hydrogen) atoms. The zero-order chi connectivity index (χ0) is 29.4. The summed E-state index contributed by atoms with van der Waals surface area (Å²) in [5.41, 5.74) is 15.4. The monoisotopic (exact) mass is 565 g/mol. The van der Waals surface area contributed by atoms with Crippen molar-refractivity contribution in [1.29, 1.82) is 0 Å². The molecule has 1 aliphatic heterocycles. The molecule has 10 nitrogen and oxygen atoms in total. The summed E-state index contributed by atoms with van der Waals surface area (Å²) in [6.45, 7) is 5.62. The van der Waals surface area contributed by atoms with E-state index in [1.54, 1.807) is 7.11 Å². The van der Waals surface area contributed by atoms with Crippen molar-refractivity contribution in [2.24, 2.45) is 0 Å². The summed E-state index contributed by atoms with van der Waals surface area (Å²) in [5.74, 6) is 1.14. The molecule has 0 saturated carbocycles. The van der Waals surface area contributed by atoms with Gasteiger partial charge in [-0.2, -0.15) is 5.10 Å². The Morgan fingerprint density at radius 2 is 1.93 bits per heavy atom. The van der Waals surface area contributed by atoms with Crippen molar-refractivity contribution in [3.63, 3.8) is 0 Å². The van der Waals surface area contributed by atoms with Crippen LogP contribution in [-0.2, 0) is 19.5 Å². The first-order valence-corrected chi connectivity index (χ1v) is 14.5. The maximum absolute atomic E-state index is 6.54. The van der Waals surface area contributed by atoms with Gasteiger partial charge in [-0.05, 0) is 45.5 Å². The molecule has 0 fully saturated rings. The van der Waals surface area contributed by atoms with Crippen LogP contribution in [0.25, 0.3) is 33.3 Å². The van der Waals surface area contributed by atoms with Gasteiger partial charge in [0.25, 0.3) is 0 Å². The summed E-state index contributed by atoms with van der Waals surface area (Å²) < 4.78 is 10.1. The molecule has 2 aromatic carbocycles. The fraction of sp³-hybridized carbons (Fsp3) is 0.344. The van der Waals surface area contributed by atoms with Gasteiger partial charge in [-0.1, -0.05) is 18.2 Å². The first kappa shape index (κ1) is 27.6. The summed E-state index contributed by atoms with van der Waals surface area (Å²) in [7, 11) is 7.82. The van der Waals surface area contributed by atoms with Crippen LogP contribution in [0.5, 0.6) is 5.75 Å². The topological polar surface area (TPSA) is 102 Å². The van der Waals surface area contributed by atoms with Gasteiger partial charge >= 0.3 is 0 Å². The van der Waals surface area contributed by atoms with Gasteiger partial charge < -0.3 is 30.2 Å². The average molecular weight is 566 g/mol. The van der Waals surface area contributed by atoms with Crippen LogP contribution in [0.3, 0.4) is 0 Å². The second-order valence-electron chi connectivity index (χ2n) is 11.2. The number of hydrogen-bond acceptors (Lipinski definition) is 8. The van der Waals surface area contributed by atoms with Gasteiger partial charge in [0.15, 0.2) is 0 Å². The van der Waals surface area contributed by atoms with Crippen LogP contribution < -0.4 is 20.7 Å². The maximum atomic E-state index is 6.54. The Kier molecular flexibility index (Phi) is 7.47. The van der Waals surface area contributed by atoms with Gasteiger partial charge in [-0.15, -0.1) is 0 Å². The van der Waals surface area contributed by atoms with Gasteiger partial charge in [0.1, 0.15) is 5.75 Å². The molecule has 0 amide bonds. The number of hydrogen-bond donors (Lipinski definition) is 2. The van der Waals surface area contributed by atoms with E-state index in [1.807, 2.05) is 42.5 Å². The van der Waals surface area contributed by atoms with Crippen LogP contribution in [0, 0.1) is 0 Å². The fourth-order valence-electron chi connectivity index (χ4n) is 5.75. The lowest BCUT2D eigenvalue weighted by atomic mass is 9.99. The molecule has 10 heteroatoms. The van der Waals surface area contributed by atoms with Crippen LogP contribution in [0.4, 0.5) is 23.0 Å². The first-order chi connectivity index (χ1) is 20.4. The number of ether oxygens (including phenoxy) is 1. The molecule has 0 radical (unpaired) electrons. The zero-order valence-electron chi connectivity index (χ0n) is 25.1. The highest BCUT2D eigenvalue weighted by Gasteiger charge is 2.22. The molecule has 0 aliphatic carbocycles. The number of aromatic nitrogens is 5. The predicted molar refractivity (Wildman–Crippen MR) is 171 cm³/mol. The highest BCUT2D eigenvalue weighted by molar-refractivity contribution is 6.00. The fourth-order valence-corrected chi connectivity index (χ4v) is 5.75. The van der Waals surface area contributed by atoms with E-state index in [0.29, 0.717) is 23.1 Å². The van der Waals surface area contributed by atoms with Gasteiger partial charge in [-0.3, -0.25) is 4.68 Å². The number of anilines is 4. The summed E-state index contributed by atoms with van der Waals surface area (Å²) >= 11 is 0. The summed E-state index contributed by atoms with van der Waals surface area (Å²) in [6, 6.07) is 10.4. The molecule has 0 bridgehead atoms. The summed E-state index contributed by atoms with van der Waals surface area (Å²) in [6.07, 6.45) is 10.3. The van der Waals surface area contributed by atoms with Gasteiger partial charge in [0.2, 0.25) is 5.95 Å². The number of para-hydroxylation sites is 1. The molecular formula is C32H39N9O. The largest absolute Gasteiger partial charge is 0.494 e. The molecule has 1 aliphatic rings. The summed E-state index contributed by atoms with van der Waals surface area (Å²) in [5, 5.41) is 9.12. The molecule has 5 aromatic rings. The molecule has 218 valence electrons.